The van der Waals surface area contributed by atoms with E-state index < -0.39 is 5.37 Å². The summed E-state index contributed by atoms with van der Waals surface area (Å²) in [5.41, 5.74) is 2.49. The number of hydrogen-bond donors (Lipinski definition) is 1. The average molecular weight is 424 g/mol. The number of thioether (sulfide) groups is 1. The topological polar surface area (TPSA) is 49.4 Å². The number of nitrogens with one attached hydrogen (secondary N) is 1. The van der Waals surface area contributed by atoms with Gasteiger partial charge in [0.1, 0.15) is 0 Å². The van der Waals surface area contributed by atoms with E-state index in [4.69, 9.17) is 0 Å². The zero-order chi connectivity index (χ0) is 15.7. The molecule has 1 N–H and O–H groups in total. The molecule has 0 spiro atoms. The Labute approximate surface area is 146 Å². The van der Waals surface area contributed by atoms with Crippen LogP contribution in [0.5, 0.6) is 0 Å². The summed E-state index contributed by atoms with van der Waals surface area (Å²) in [6.07, 6.45) is 0. The summed E-state index contributed by atoms with van der Waals surface area (Å²) >= 11 is 3.21. The molecule has 22 heavy (non-hydrogen) atoms. The molecule has 3 rings (SSSR count). The van der Waals surface area contributed by atoms with Crippen LogP contribution in [0.1, 0.15) is 5.56 Å². The number of rotatable bonds is 3. The Bertz CT molecular complexity index is 750. The molecule has 0 aromatic heterocycles. The minimum absolute atomic E-state index is 0.236. The van der Waals surface area contributed by atoms with Gasteiger partial charge < -0.3 is 5.32 Å². The van der Waals surface area contributed by atoms with E-state index in [9.17, 15) is 9.59 Å². The van der Waals surface area contributed by atoms with Gasteiger partial charge in [0, 0.05) is 9.26 Å². The Balaban J connectivity index is 1.84. The van der Waals surface area contributed by atoms with Gasteiger partial charge in [-0.3, -0.25) is 9.59 Å². The average Bonchev–Trinajstić information content (AvgIpc) is 2.76. The lowest BCUT2D eigenvalue weighted by molar-refractivity contribution is -0.116. The normalized spacial score (nSPS) is 17.9. The minimum Gasteiger partial charge on any atom is -0.364 e. The van der Waals surface area contributed by atoms with Crippen LogP contribution in [0.3, 0.4) is 0 Å². The van der Waals surface area contributed by atoms with Gasteiger partial charge >= 0.3 is 0 Å². The minimum atomic E-state index is -0.594. The highest BCUT2D eigenvalue weighted by Crippen LogP contribution is 2.33. The monoisotopic (exact) mass is 424 g/mol. The van der Waals surface area contributed by atoms with E-state index in [0.29, 0.717) is 5.69 Å². The fourth-order valence-electron chi connectivity index (χ4n) is 2.22. The van der Waals surface area contributed by atoms with Crippen molar-refractivity contribution >= 4 is 56.9 Å². The second-order valence-corrected chi connectivity index (χ2v) is 7.12. The number of carbonyl (C=O) groups is 2. The molecule has 1 fully saturated rings. The van der Waals surface area contributed by atoms with E-state index in [1.54, 1.807) is 6.07 Å². The third-order valence-electron chi connectivity index (χ3n) is 3.27. The van der Waals surface area contributed by atoms with Crippen LogP contribution in [0.15, 0.2) is 48.5 Å². The first-order chi connectivity index (χ1) is 10.6. The molecule has 1 atom stereocenters. The molecule has 1 heterocycles. The van der Waals surface area contributed by atoms with E-state index in [2.05, 4.69) is 27.9 Å². The van der Waals surface area contributed by atoms with Crippen LogP contribution in [-0.2, 0) is 4.79 Å². The zero-order valence-electron chi connectivity index (χ0n) is 11.7. The lowest BCUT2D eigenvalue weighted by Crippen LogP contribution is -2.34. The lowest BCUT2D eigenvalue weighted by Gasteiger charge is -2.15. The molecule has 0 aliphatic carbocycles. The molecule has 1 aliphatic heterocycles. The van der Waals surface area contributed by atoms with Crippen molar-refractivity contribution in [1.82, 2.24) is 0 Å². The molecule has 0 radical (unpaired) electrons. The predicted molar refractivity (Wildman–Crippen MR) is 98.2 cm³/mol. The van der Waals surface area contributed by atoms with Crippen molar-refractivity contribution in [2.75, 3.05) is 10.2 Å². The molecule has 1 aliphatic rings. The number of hydrogen-bond acceptors (Lipinski definition) is 4. The summed E-state index contributed by atoms with van der Waals surface area (Å²) < 4.78 is 1.01. The molecule has 0 bridgehead atoms. The maximum Gasteiger partial charge on any atom is 0.295 e. The summed E-state index contributed by atoms with van der Waals surface area (Å²) in [5, 5.41) is 2.30. The number of benzene rings is 2. The number of aryl methyl sites for hydroxylation is 1. The van der Waals surface area contributed by atoms with E-state index in [1.165, 1.54) is 4.90 Å². The number of nitrogens with zero attached hydrogens (tertiary/aromatic N) is 1. The highest BCUT2D eigenvalue weighted by atomic mass is 127. The third-order valence-corrected chi connectivity index (χ3v) is 5.15. The summed E-state index contributed by atoms with van der Waals surface area (Å²) in [5.74, 6) is -0.236. The van der Waals surface area contributed by atoms with E-state index in [0.717, 1.165) is 26.6 Å². The van der Waals surface area contributed by atoms with Gasteiger partial charge in [0.25, 0.3) is 11.1 Å². The van der Waals surface area contributed by atoms with Gasteiger partial charge in [-0.15, -0.1) is 0 Å². The summed E-state index contributed by atoms with van der Waals surface area (Å²) in [6, 6.07) is 15.1. The molecular weight excluding hydrogens is 411 g/mol. The van der Waals surface area contributed by atoms with Crippen molar-refractivity contribution in [3.05, 3.63) is 57.7 Å². The molecule has 4 nitrogen and oxygen atoms in total. The van der Waals surface area contributed by atoms with Crippen molar-refractivity contribution in [2.45, 2.75) is 12.3 Å². The van der Waals surface area contributed by atoms with Crippen LogP contribution in [0.25, 0.3) is 0 Å². The smallest absolute Gasteiger partial charge is 0.295 e. The SMILES string of the molecule is Cc1cccc(N2C(=O)SC(Nc3ccccc3I)C2=O)c1. The number of para-hydroxylation sites is 1. The van der Waals surface area contributed by atoms with Crippen LogP contribution in [-0.4, -0.2) is 16.5 Å². The largest absolute Gasteiger partial charge is 0.364 e. The quantitative estimate of drug-likeness (QED) is 0.750. The molecule has 2 amide bonds. The second kappa shape index (κ2) is 6.29. The number of imide groups is 1. The highest BCUT2D eigenvalue weighted by Gasteiger charge is 2.40. The number of halogens is 1. The summed E-state index contributed by atoms with van der Waals surface area (Å²) in [7, 11) is 0. The fraction of sp³-hybridized carbons (Fsp3) is 0.125. The Hall–Kier alpha value is -1.54. The Kier molecular flexibility index (Phi) is 4.39. The molecule has 6 heteroatoms. The fourth-order valence-corrected chi connectivity index (χ4v) is 3.66. The van der Waals surface area contributed by atoms with Crippen molar-refractivity contribution in [2.24, 2.45) is 0 Å². The predicted octanol–water partition coefficient (Wildman–Crippen LogP) is 4.24. The Morgan fingerprint density at radius 3 is 2.64 bits per heavy atom. The third kappa shape index (κ3) is 2.98. The van der Waals surface area contributed by atoms with Gasteiger partial charge in [0.2, 0.25) is 0 Å². The van der Waals surface area contributed by atoms with E-state index in [-0.39, 0.29) is 11.1 Å². The highest BCUT2D eigenvalue weighted by molar-refractivity contribution is 14.1. The summed E-state index contributed by atoms with van der Waals surface area (Å²) in [6.45, 7) is 1.93. The molecule has 0 saturated carbocycles. The van der Waals surface area contributed by atoms with Crippen LogP contribution in [0.2, 0.25) is 0 Å². The van der Waals surface area contributed by atoms with Crippen molar-refractivity contribution in [3.63, 3.8) is 0 Å². The summed E-state index contributed by atoms with van der Waals surface area (Å²) in [4.78, 5) is 26.0. The maximum absolute atomic E-state index is 12.6. The van der Waals surface area contributed by atoms with Gasteiger partial charge in [-0.25, -0.2) is 4.90 Å². The van der Waals surface area contributed by atoms with E-state index in [1.807, 2.05) is 49.4 Å². The standard InChI is InChI=1S/C16H13IN2O2S/c1-10-5-4-6-11(9-10)19-15(20)14(22-16(19)21)18-13-8-3-2-7-12(13)17/h2-9,14,18H,1H3. The first-order valence-electron chi connectivity index (χ1n) is 6.68. The Morgan fingerprint density at radius 2 is 1.91 bits per heavy atom. The van der Waals surface area contributed by atoms with Gasteiger partial charge in [-0.2, -0.15) is 0 Å². The zero-order valence-corrected chi connectivity index (χ0v) is 14.7. The van der Waals surface area contributed by atoms with Crippen molar-refractivity contribution in [3.8, 4) is 0 Å². The molecule has 1 unspecified atom stereocenters. The van der Waals surface area contributed by atoms with Gasteiger partial charge in [0.15, 0.2) is 5.37 Å². The maximum atomic E-state index is 12.6. The second-order valence-electron chi connectivity index (χ2n) is 4.90. The first kappa shape index (κ1) is 15.4. The molecule has 1 saturated heterocycles. The Morgan fingerprint density at radius 1 is 1.14 bits per heavy atom. The van der Waals surface area contributed by atoms with Crippen LogP contribution >= 0.6 is 34.4 Å². The van der Waals surface area contributed by atoms with Crippen LogP contribution in [0.4, 0.5) is 16.2 Å². The van der Waals surface area contributed by atoms with Crippen LogP contribution in [0, 0.1) is 10.5 Å². The molecule has 2 aromatic rings. The van der Waals surface area contributed by atoms with Crippen LogP contribution < -0.4 is 10.2 Å². The van der Waals surface area contributed by atoms with E-state index >= 15 is 0 Å². The molecule has 2 aromatic carbocycles. The first-order valence-corrected chi connectivity index (χ1v) is 8.64. The van der Waals surface area contributed by atoms with Gasteiger partial charge in [-0.05, 0) is 71.1 Å². The molecule has 112 valence electrons. The number of anilines is 2. The van der Waals surface area contributed by atoms with Gasteiger partial charge in [-0.1, -0.05) is 24.3 Å². The van der Waals surface area contributed by atoms with Gasteiger partial charge in [0.05, 0.1) is 5.69 Å². The number of carbonyl (C=O) groups excluding carboxylic acids is 2. The molecular formula is C16H13IN2O2S. The number of amides is 2. The van der Waals surface area contributed by atoms with Crippen molar-refractivity contribution in [1.29, 1.82) is 0 Å². The van der Waals surface area contributed by atoms with Crippen molar-refractivity contribution < 1.29 is 9.59 Å². The lowest BCUT2D eigenvalue weighted by atomic mass is 10.2.